The zero-order valence-corrected chi connectivity index (χ0v) is 13.1. The average Bonchev–Trinajstić information content (AvgIpc) is 1.94. The predicted molar refractivity (Wildman–Crippen MR) is 69.0 cm³/mol. The van der Waals surface area contributed by atoms with Gasteiger partial charge < -0.3 is 14.0 Å². The molecule has 0 aliphatic rings. The summed E-state index contributed by atoms with van der Waals surface area (Å²) in [5, 5.41) is 9.16. The topological polar surface area (TPSA) is 38.7 Å². The fourth-order valence-corrected chi connectivity index (χ4v) is 8.83. The van der Waals surface area contributed by atoms with Crippen molar-refractivity contribution >= 4 is 16.6 Å². The van der Waals surface area contributed by atoms with E-state index in [1.54, 1.807) is 6.92 Å². The Labute approximate surface area is 96.1 Å². The highest BCUT2D eigenvalue weighted by atomic mass is 28.4. The van der Waals surface area contributed by atoms with Crippen LogP contribution < -0.4 is 0 Å². The lowest BCUT2D eigenvalue weighted by Crippen LogP contribution is -2.51. The number of aliphatic hydroxyl groups is 1. The molecule has 15 heavy (non-hydrogen) atoms. The smallest absolute Gasteiger partial charge is 0.202 e. The van der Waals surface area contributed by atoms with E-state index < -0.39 is 22.7 Å². The molecule has 0 aliphatic heterocycles. The molecule has 0 heterocycles. The summed E-state index contributed by atoms with van der Waals surface area (Å²) in [7, 11) is -3.27. The zero-order chi connectivity index (χ0) is 12.3. The van der Waals surface area contributed by atoms with Crippen LogP contribution >= 0.6 is 0 Å². The highest BCUT2D eigenvalue weighted by Gasteiger charge is 2.35. The van der Waals surface area contributed by atoms with Gasteiger partial charge in [0.2, 0.25) is 8.32 Å². The van der Waals surface area contributed by atoms with E-state index in [4.69, 9.17) is 14.0 Å². The molecule has 1 N–H and O–H groups in total. The number of hydrogen-bond donors (Lipinski definition) is 1. The summed E-state index contributed by atoms with van der Waals surface area (Å²) in [5.74, 6) is 0. The van der Waals surface area contributed by atoms with Gasteiger partial charge in [0.15, 0.2) is 8.32 Å². The summed E-state index contributed by atoms with van der Waals surface area (Å²) in [6, 6.07) is 0. The van der Waals surface area contributed by atoms with Crippen molar-refractivity contribution in [2.45, 2.75) is 58.4 Å². The molecule has 3 nitrogen and oxygen atoms in total. The fourth-order valence-electron chi connectivity index (χ4n) is 1.36. The summed E-state index contributed by atoms with van der Waals surface area (Å²) in [6.07, 6.45) is -0.399. The van der Waals surface area contributed by atoms with E-state index in [-0.39, 0.29) is 5.73 Å². The Morgan fingerprint density at radius 1 is 1.07 bits per heavy atom. The van der Waals surface area contributed by atoms with E-state index in [1.165, 1.54) is 0 Å². The first-order chi connectivity index (χ1) is 6.54. The van der Waals surface area contributed by atoms with Crippen LogP contribution in [0.3, 0.4) is 0 Å². The number of aliphatic hydroxyl groups excluding tert-OH is 1. The maximum absolute atomic E-state index is 9.16. The number of rotatable bonds is 6. The van der Waals surface area contributed by atoms with E-state index in [0.29, 0.717) is 6.61 Å². The maximum atomic E-state index is 9.16. The third-order valence-electron chi connectivity index (χ3n) is 2.14. The molecule has 0 aromatic heterocycles. The van der Waals surface area contributed by atoms with Crippen molar-refractivity contribution in [1.82, 2.24) is 0 Å². The monoisotopic (exact) mass is 250 g/mol. The summed E-state index contributed by atoms with van der Waals surface area (Å²) < 4.78 is 11.8. The van der Waals surface area contributed by atoms with Gasteiger partial charge in [-0.2, -0.15) is 0 Å². The average molecular weight is 250 g/mol. The first kappa shape index (κ1) is 15.3. The maximum Gasteiger partial charge on any atom is 0.202 e. The van der Waals surface area contributed by atoms with Crippen molar-refractivity contribution in [2.75, 3.05) is 6.61 Å². The third kappa shape index (κ3) is 7.24. The molecule has 0 amide bonds. The normalized spacial score (nSPS) is 17.6. The van der Waals surface area contributed by atoms with Crippen LogP contribution in [-0.2, 0) is 8.85 Å². The molecule has 0 radical (unpaired) electrons. The molecule has 0 aliphatic carbocycles. The summed E-state index contributed by atoms with van der Waals surface area (Å²) >= 11 is 0. The second-order valence-electron chi connectivity index (χ2n) is 5.64. The van der Waals surface area contributed by atoms with Crippen LogP contribution in [0, 0.1) is 0 Å². The molecule has 0 rings (SSSR count). The molecule has 0 aromatic rings. The molecule has 2 unspecified atom stereocenters. The highest BCUT2D eigenvalue weighted by Crippen LogP contribution is 2.19. The van der Waals surface area contributed by atoms with E-state index in [2.05, 4.69) is 39.7 Å². The van der Waals surface area contributed by atoms with Crippen LogP contribution in [-0.4, -0.2) is 40.2 Å². The second-order valence-corrected chi connectivity index (χ2v) is 14.7. The Balaban J connectivity index is 4.19. The van der Waals surface area contributed by atoms with Crippen LogP contribution in [0.4, 0.5) is 0 Å². The first-order valence-electron chi connectivity index (χ1n) is 5.54. The van der Waals surface area contributed by atoms with E-state index in [0.717, 1.165) is 0 Å². The van der Waals surface area contributed by atoms with Crippen LogP contribution in [0.2, 0.25) is 32.7 Å². The molecular weight excluding hydrogens is 224 g/mol. The van der Waals surface area contributed by atoms with Crippen LogP contribution in [0.5, 0.6) is 0 Å². The molecule has 92 valence electrons. The van der Waals surface area contributed by atoms with E-state index in [1.807, 2.05) is 0 Å². The minimum atomic E-state index is -1.78. The standard InChI is InChI=1S/C10H26O3Si2/c1-9(11)8-12-10(2)15(6,7)13-14(3,4)5/h9-11H,8H2,1-7H3. The van der Waals surface area contributed by atoms with Crippen LogP contribution in [0.1, 0.15) is 13.8 Å². The van der Waals surface area contributed by atoms with Crippen molar-refractivity contribution in [1.29, 1.82) is 0 Å². The molecule has 0 saturated carbocycles. The van der Waals surface area contributed by atoms with Crippen LogP contribution in [0.15, 0.2) is 0 Å². The van der Waals surface area contributed by atoms with Gasteiger partial charge in [-0.1, -0.05) is 0 Å². The van der Waals surface area contributed by atoms with Gasteiger partial charge in [-0.05, 0) is 46.6 Å². The lowest BCUT2D eigenvalue weighted by Gasteiger charge is -2.36. The fraction of sp³-hybridized carbons (Fsp3) is 1.00. The predicted octanol–water partition coefficient (Wildman–Crippen LogP) is 2.37. The lowest BCUT2D eigenvalue weighted by atomic mass is 10.4. The van der Waals surface area contributed by atoms with Gasteiger partial charge in [-0.15, -0.1) is 0 Å². The minimum Gasteiger partial charge on any atom is -0.454 e. The SMILES string of the molecule is CC(O)COC(C)[Si](C)(C)O[Si](C)(C)C. The van der Waals surface area contributed by atoms with Gasteiger partial charge in [-0.25, -0.2) is 0 Å². The zero-order valence-electron chi connectivity index (χ0n) is 11.1. The van der Waals surface area contributed by atoms with E-state index in [9.17, 15) is 0 Å². The Bertz CT molecular complexity index is 188. The quantitative estimate of drug-likeness (QED) is 0.736. The van der Waals surface area contributed by atoms with E-state index >= 15 is 0 Å². The molecule has 0 fully saturated rings. The lowest BCUT2D eigenvalue weighted by molar-refractivity contribution is 0.0284. The Morgan fingerprint density at radius 3 is 1.87 bits per heavy atom. The Hall–Kier alpha value is 0.314. The van der Waals surface area contributed by atoms with Gasteiger partial charge in [0, 0.05) is 0 Å². The molecule has 0 saturated heterocycles. The van der Waals surface area contributed by atoms with Gasteiger partial charge in [0.25, 0.3) is 0 Å². The van der Waals surface area contributed by atoms with Gasteiger partial charge in [0.05, 0.1) is 18.4 Å². The first-order valence-corrected chi connectivity index (χ1v) is 11.9. The molecule has 2 atom stereocenters. The Morgan fingerprint density at radius 2 is 1.53 bits per heavy atom. The molecule has 5 heteroatoms. The highest BCUT2D eigenvalue weighted by molar-refractivity contribution is 6.84. The van der Waals surface area contributed by atoms with Gasteiger partial charge in [0.1, 0.15) is 0 Å². The minimum absolute atomic E-state index is 0.124. The van der Waals surface area contributed by atoms with Gasteiger partial charge >= 0.3 is 0 Å². The van der Waals surface area contributed by atoms with Crippen molar-refractivity contribution < 1.29 is 14.0 Å². The van der Waals surface area contributed by atoms with Crippen molar-refractivity contribution in [2.24, 2.45) is 0 Å². The summed E-state index contributed by atoms with van der Waals surface area (Å²) in [4.78, 5) is 0. The molecule has 0 aromatic carbocycles. The van der Waals surface area contributed by atoms with Crippen molar-refractivity contribution in [3.63, 3.8) is 0 Å². The molecule has 0 spiro atoms. The summed E-state index contributed by atoms with van der Waals surface area (Å²) in [5.41, 5.74) is 0.124. The number of hydrogen-bond acceptors (Lipinski definition) is 3. The van der Waals surface area contributed by atoms with Gasteiger partial charge in [-0.3, -0.25) is 0 Å². The van der Waals surface area contributed by atoms with Crippen molar-refractivity contribution in [3.05, 3.63) is 0 Å². The van der Waals surface area contributed by atoms with Crippen LogP contribution in [0.25, 0.3) is 0 Å². The summed E-state index contributed by atoms with van der Waals surface area (Å²) in [6.45, 7) is 15.1. The second kappa shape index (κ2) is 5.59. The van der Waals surface area contributed by atoms with Crippen molar-refractivity contribution in [3.8, 4) is 0 Å². The molecule has 0 bridgehead atoms. The largest absolute Gasteiger partial charge is 0.454 e. The molecular formula is C10H26O3Si2. The number of ether oxygens (including phenoxy) is 1. The third-order valence-corrected chi connectivity index (χ3v) is 8.81. The Kier molecular flexibility index (Phi) is 5.70.